The number of amides is 2. The van der Waals surface area contributed by atoms with Crippen molar-refractivity contribution in [2.75, 3.05) is 6.54 Å². The monoisotopic (exact) mass is 301 g/mol. The van der Waals surface area contributed by atoms with E-state index in [1.165, 1.54) is 19.3 Å². The Kier molecular flexibility index (Phi) is 5.87. The third kappa shape index (κ3) is 3.81. The molecule has 0 aromatic heterocycles. The molecule has 0 spiro atoms. The molecule has 2 amide bonds. The lowest BCUT2D eigenvalue weighted by Crippen LogP contribution is -2.34. The van der Waals surface area contributed by atoms with Gasteiger partial charge in [0.15, 0.2) is 5.78 Å². The van der Waals surface area contributed by atoms with Gasteiger partial charge in [0, 0.05) is 6.42 Å². The second kappa shape index (κ2) is 7.87. The molecule has 1 heterocycles. The summed E-state index contributed by atoms with van der Waals surface area (Å²) in [5.41, 5.74) is 0.805. The van der Waals surface area contributed by atoms with Gasteiger partial charge in [-0.25, -0.2) is 0 Å². The molecule has 0 saturated heterocycles. The Balaban J connectivity index is 1.79. The van der Waals surface area contributed by atoms with E-state index in [1.54, 1.807) is 24.3 Å². The van der Waals surface area contributed by atoms with Gasteiger partial charge in [0.25, 0.3) is 11.8 Å². The smallest absolute Gasteiger partial charge is 0.261 e. The number of nitrogens with zero attached hydrogens (tertiary/aromatic N) is 1. The summed E-state index contributed by atoms with van der Waals surface area (Å²) in [6.45, 7) is 2.08. The van der Waals surface area contributed by atoms with E-state index in [9.17, 15) is 14.4 Å². The van der Waals surface area contributed by atoms with E-state index < -0.39 is 0 Å². The van der Waals surface area contributed by atoms with Crippen LogP contribution in [-0.4, -0.2) is 29.0 Å². The highest BCUT2D eigenvalue weighted by molar-refractivity contribution is 6.22. The summed E-state index contributed by atoms with van der Waals surface area (Å²) < 4.78 is 0. The summed E-state index contributed by atoms with van der Waals surface area (Å²) in [5.74, 6) is -0.737. The minimum Gasteiger partial charge on any atom is -0.298 e. The van der Waals surface area contributed by atoms with Crippen LogP contribution >= 0.6 is 0 Å². The molecule has 22 heavy (non-hydrogen) atoms. The molecule has 0 unspecified atom stereocenters. The normalized spacial score (nSPS) is 13.6. The van der Waals surface area contributed by atoms with Gasteiger partial charge in [-0.3, -0.25) is 19.3 Å². The summed E-state index contributed by atoms with van der Waals surface area (Å²) in [6, 6.07) is 6.72. The van der Waals surface area contributed by atoms with Crippen molar-refractivity contribution in [2.24, 2.45) is 0 Å². The van der Waals surface area contributed by atoms with Gasteiger partial charge in [-0.15, -0.1) is 0 Å². The number of hydrogen-bond acceptors (Lipinski definition) is 3. The molecule has 0 bridgehead atoms. The number of Topliss-reactive ketones (excluding diaryl/α,β-unsaturated/α-hetero) is 1. The molecule has 1 aliphatic rings. The van der Waals surface area contributed by atoms with Crippen LogP contribution in [0.15, 0.2) is 24.3 Å². The molecule has 0 fully saturated rings. The largest absolute Gasteiger partial charge is 0.298 e. The molecular weight excluding hydrogens is 278 g/mol. The molecule has 0 aliphatic carbocycles. The van der Waals surface area contributed by atoms with E-state index in [4.69, 9.17) is 0 Å². The summed E-state index contributed by atoms with van der Waals surface area (Å²) in [5, 5.41) is 0. The Morgan fingerprint density at radius 2 is 1.45 bits per heavy atom. The average Bonchev–Trinajstić information content (AvgIpc) is 2.76. The fourth-order valence-electron chi connectivity index (χ4n) is 2.74. The first-order chi connectivity index (χ1) is 10.6. The number of ketones is 1. The van der Waals surface area contributed by atoms with Crippen molar-refractivity contribution in [3.8, 4) is 0 Å². The highest BCUT2D eigenvalue weighted by Crippen LogP contribution is 2.22. The second-order valence-electron chi connectivity index (χ2n) is 5.80. The lowest BCUT2D eigenvalue weighted by molar-refractivity contribution is -0.119. The molecule has 2 rings (SSSR count). The molecule has 1 aromatic rings. The van der Waals surface area contributed by atoms with E-state index in [-0.39, 0.29) is 24.1 Å². The summed E-state index contributed by atoms with van der Waals surface area (Å²) in [6.07, 6.45) is 7.12. The number of unbranched alkanes of at least 4 members (excludes halogenated alkanes) is 5. The van der Waals surface area contributed by atoms with Crippen molar-refractivity contribution in [3.05, 3.63) is 35.4 Å². The predicted molar refractivity (Wildman–Crippen MR) is 84.8 cm³/mol. The minimum absolute atomic E-state index is 0.0370. The predicted octanol–water partition coefficient (Wildman–Crippen LogP) is 3.60. The number of carbonyl (C=O) groups excluding carboxylic acids is 3. The van der Waals surface area contributed by atoms with Crippen molar-refractivity contribution < 1.29 is 14.4 Å². The summed E-state index contributed by atoms with van der Waals surface area (Å²) in [4.78, 5) is 37.3. The first-order valence-electron chi connectivity index (χ1n) is 8.12. The SMILES string of the molecule is CCCCCCCCC(=O)CN1C(=O)c2ccccc2C1=O. The summed E-state index contributed by atoms with van der Waals surface area (Å²) >= 11 is 0. The highest BCUT2D eigenvalue weighted by atomic mass is 16.2. The van der Waals surface area contributed by atoms with Gasteiger partial charge in [0.05, 0.1) is 17.7 Å². The molecule has 118 valence electrons. The number of benzene rings is 1. The summed E-state index contributed by atoms with van der Waals surface area (Å²) in [7, 11) is 0. The Morgan fingerprint density at radius 3 is 2.05 bits per heavy atom. The first-order valence-corrected chi connectivity index (χ1v) is 8.12. The Morgan fingerprint density at radius 1 is 0.909 bits per heavy atom. The minimum atomic E-state index is -0.350. The van der Waals surface area contributed by atoms with Gasteiger partial charge in [0.1, 0.15) is 0 Å². The van der Waals surface area contributed by atoms with Gasteiger partial charge in [-0.2, -0.15) is 0 Å². The quantitative estimate of drug-likeness (QED) is 0.517. The first kappa shape index (κ1) is 16.4. The van der Waals surface area contributed by atoms with Gasteiger partial charge in [-0.1, -0.05) is 51.2 Å². The lowest BCUT2D eigenvalue weighted by atomic mass is 10.1. The van der Waals surface area contributed by atoms with Crippen LogP contribution in [0.5, 0.6) is 0 Å². The molecule has 0 saturated carbocycles. The maximum absolute atomic E-state index is 12.1. The van der Waals surface area contributed by atoms with Crippen molar-refractivity contribution in [1.82, 2.24) is 4.90 Å². The van der Waals surface area contributed by atoms with Crippen molar-refractivity contribution in [3.63, 3.8) is 0 Å². The zero-order valence-electron chi connectivity index (χ0n) is 13.1. The van der Waals surface area contributed by atoms with E-state index in [1.807, 2.05) is 0 Å². The van der Waals surface area contributed by atoms with E-state index in [0.29, 0.717) is 17.5 Å². The van der Waals surface area contributed by atoms with Gasteiger partial charge < -0.3 is 0 Å². The fourth-order valence-corrected chi connectivity index (χ4v) is 2.74. The second-order valence-corrected chi connectivity index (χ2v) is 5.80. The van der Waals surface area contributed by atoms with Crippen LogP contribution in [0.4, 0.5) is 0 Å². The average molecular weight is 301 g/mol. The molecular formula is C18H23NO3. The topological polar surface area (TPSA) is 54.5 Å². The molecule has 0 atom stereocenters. The van der Waals surface area contributed by atoms with Crippen LogP contribution in [-0.2, 0) is 4.79 Å². The van der Waals surface area contributed by atoms with E-state index in [0.717, 1.165) is 24.2 Å². The third-order valence-electron chi connectivity index (χ3n) is 4.02. The number of carbonyl (C=O) groups is 3. The van der Waals surface area contributed by atoms with E-state index in [2.05, 4.69) is 6.92 Å². The van der Waals surface area contributed by atoms with Gasteiger partial charge in [0.2, 0.25) is 0 Å². The zero-order valence-corrected chi connectivity index (χ0v) is 13.1. The Labute approximate surface area is 131 Å². The number of imide groups is 1. The number of hydrogen-bond donors (Lipinski definition) is 0. The van der Waals surface area contributed by atoms with Crippen molar-refractivity contribution in [1.29, 1.82) is 0 Å². The number of rotatable bonds is 9. The molecule has 1 aliphatic heterocycles. The van der Waals surface area contributed by atoms with Gasteiger partial charge >= 0.3 is 0 Å². The molecule has 1 aromatic carbocycles. The fraction of sp³-hybridized carbons (Fsp3) is 0.500. The standard InChI is InChI=1S/C18H23NO3/c1-2-3-4-5-6-7-10-14(20)13-19-17(21)15-11-8-9-12-16(15)18(19)22/h8-9,11-12H,2-7,10,13H2,1H3. The van der Waals surface area contributed by atoms with Crippen molar-refractivity contribution >= 4 is 17.6 Å². The van der Waals surface area contributed by atoms with Crippen LogP contribution < -0.4 is 0 Å². The van der Waals surface area contributed by atoms with E-state index >= 15 is 0 Å². The Bertz CT molecular complexity index is 530. The van der Waals surface area contributed by atoms with Crippen LogP contribution in [0, 0.1) is 0 Å². The maximum Gasteiger partial charge on any atom is 0.261 e. The maximum atomic E-state index is 12.1. The lowest BCUT2D eigenvalue weighted by Gasteiger charge is -2.12. The molecule has 0 radical (unpaired) electrons. The Hall–Kier alpha value is -1.97. The molecule has 0 N–H and O–H groups in total. The van der Waals surface area contributed by atoms with Crippen LogP contribution in [0.2, 0.25) is 0 Å². The van der Waals surface area contributed by atoms with Gasteiger partial charge in [-0.05, 0) is 18.6 Å². The third-order valence-corrected chi connectivity index (χ3v) is 4.02. The molecule has 4 nitrogen and oxygen atoms in total. The zero-order chi connectivity index (χ0) is 15.9. The van der Waals surface area contributed by atoms with Crippen molar-refractivity contribution in [2.45, 2.75) is 51.9 Å². The van der Waals surface area contributed by atoms with Crippen LogP contribution in [0.25, 0.3) is 0 Å². The highest BCUT2D eigenvalue weighted by Gasteiger charge is 2.35. The number of fused-ring (bicyclic) bond motifs is 1. The van der Waals surface area contributed by atoms with Crippen LogP contribution in [0.1, 0.15) is 72.6 Å². The molecule has 4 heteroatoms. The van der Waals surface area contributed by atoms with Crippen LogP contribution in [0.3, 0.4) is 0 Å².